The van der Waals surface area contributed by atoms with Crippen LogP contribution in [0.3, 0.4) is 0 Å². The van der Waals surface area contributed by atoms with Crippen LogP contribution in [0.25, 0.3) is 0 Å². The minimum absolute atomic E-state index is 0.0956. The van der Waals surface area contributed by atoms with Gasteiger partial charge in [0.1, 0.15) is 5.41 Å². The zero-order chi connectivity index (χ0) is 25.2. The number of nitrogens with zero attached hydrogens (tertiary/aromatic N) is 1. The molecule has 5 aliphatic carbocycles. The summed E-state index contributed by atoms with van der Waals surface area (Å²) in [6, 6.07) is 5.64. The normalized spacial score (nSPS) is 35.7. The van der Waals surface area contributed by atoms with Crippen molar-refractivity contribution in [2.24, 2.45) is 29.1 Å². The second-order valence-electron chi connectivity index (χ2n) is 12.0. The van der Waals surface area contributed by atoms with Gasteiger partial charge >= 0.3 is 5.97 Å². The Balaban J connectivity index is 1.09. The van der Waals surface area contributed by atoms with Gasteiger partial charge in [0.05, 0.1) is 12.2 Å². The molecule has 0 radical (unpaired) electrons. The number of carbonyl (C=O) groups excluding carboxylic acids is 3. The van der Waals surface area contributed by atoms with Crippen molar-refractivity contribution in [1.82, 2.24) is 4.90 Å². The van der Waals surface area contributed by atoms with Crippen LogP contribution >= 0.6 is 11.6 Å². The van der Waals surface area contributed by atoms with Gasteiger partial charge in [0.15, 0.2) is 0 Å². The molecule has 1 saturated heterocycles. The summed E-state index contributed by atoms with van der Waals surface area (Å²) >= 11 is 6.58. The summed E-state index contributed by atoms with van der Waals surface area (Å²) in [5.74, 6) is 0.788. The molecule has 36 heavy (non-hydrogen) atoms. The number of ether oxygens (including phenoxy) is 1. The summed E-state index contributed by atoms with van der Waals surface area (Å²) in [4.78, 5) is 40.5. The first kappa shape index (κ1) is 24.2. The molecule has 0 spiro atoms. The third-order valence-electron chi connectivity index (χ3n) is 9.53. The molecular formula is C28H35ClN2O5. The summed E-state index contributed by atoms with van der Waals surface area (Å²) in [6.45, 7) is 2.76. The lowest BCUT2D eigenvalue weighted by Crippen LogP contribution is -2.62. The molecule has 2 amide bonds. The number of rotatable bonds is 7. The van der Waals surface area contributed by atoms with Crippen LogP contribution in [0, 0.1) is 29.1 Å². The van der Waals surface area contributed by atoms with Crippen molar-refractivity contribution in [3.8, 4) is 0 Å². The molecule has 3 unspecified atom stereocenters. The van der Waals surface area contributed by atoms with Crippen LogP contribution in [0.2, 0.25) is 5.02 Å². The molecule has 2 N–H and O–H groups in total. The van der Waals surface area contributed by atoms with E-state index in [1.807, 2.05) is 6.07 Å². The molecule has 1 heterocycles. The fourth-order valence-corrected chi connectivity index (χ4v) is 8.19. The Bertz CT molecular complexity index is 1090. The molecule has 1 aliphatic heterocycles. The quantitative estimate of drug-likeness (QED) is 0.424. The molecule has 5 saturated carbocycles. The van der Waals surface area contributed by atoms with Gasteiger partial charge in [-0.15, -0.1) is 0 Å². The molecule has 6 fully saturated rings. The molecule has 8 heteroatoms. The third kappa shape index (κ3) is 4.03. The fraction of sp³-hybridized carbons (Fsp3) is 0.679. The van der Waals surface area contributed by atoms with Crippen LogP contribution in [0.5, 0.6) is 0 Å². The standard InChI is InChI=1S/C28H35ClN2O5/c1-2-36-26(34)28(6-7-28)25(33)30-21-4-3-17(22(29)12-21)11-18-5-8-31(24(18)32)23-19-9-16-10-20(23)15-27(35,13-16)14-19/h3-4,12,16,18-20,23,35H,2,5-11,13-15H2,1H3,(H,30,33). The lowest BCUT2D eigenvalue weighted by molar-refractivity contribution is -0.168. The maximum Gasteiger partial charge on any atom is 0.321 e. The van der Waals surface area contributed by atoms with Gasteiger partial charge in [0, 0.05) is 29.2 Å². The number of carbonyl (C=O) groups is 3. The molecule has 0 aromatic heterocycles. The van der Waals surface area contributed by atoms with Crippen LogP contribution in [-0.4, -0.2) is 52.6 Å². The molecule has 1 aromatic carbocycles. The molecule has 1 aromatic rings. The number of hydrogen-bond acceptors (Lipinski definition) is 5. The maximum absolute atomic E-state index is 13.5. The second kappa shape index (κ2) is 8.73. The van der Waals surface area contributed by atoms with Crippen molar-refractivity contribution in [2.75, 3.05) is 18.5 Å². The Labute approximate surface area is 216 Å². The van der Waals surface area contributed by atoms with E-state index in [1.165, 1.54) is 0 Å². The number of anilines is 1. The number of aliphatic hydroxyl groups is 1. The van der Waals surface area contributed by atoms with Gasteiger partial charge in [0.2, 0.25) is 11.8 Å². The van der Waals surface area contributed by atoms with E-state index in [2.05, 4.69) is 10.2 Å². The zero-order valence-electron chi connectivity index (χ0n) is 20.8. The van der Waals surface area contributed by atoms with Crippen LogP contribution in [0.15, 0.2) is 18.2 Å². The van der Waals surface area contributed by atoms with Crippen molar-refractivity contribution in [3.63, 3.8) is 0 Å². The summed E-state index contributed by atoms with van der Waals surface area (Å²) < 4.78 is 5.07. The number of esters is 1. The SMILES string of the molecule is CCOC(=O)C1(C(=O)Nc2ccc(CC3CCN(C4C5CC6CC4CC(O)(C6)C5)C3=O)c(Cl)c2)CC1. The van der Waals surface area contributed by atoms with Crippen molar-refractivity contribution in [1.29, 1.82) is 0 Å². The molecule has 194 valence electrons. The van der Waals surface area contributed by atoms with Crippen molar-refractivity contribution < 1.29 is 24.2 Å². The molecule has 7 nitrogen and oxygen atoms in total. The van der Waals surface area contributed by atoms with Gasteiger partial charge in [-0.25, -0.2) is 0 Å². The Morgan fingerprint density at radius 3 is 2.53 bits per heavy atom. The average molecular weight is 515 g/mol. The predicted molar refractivity (Wildman–Crippen MR) is 134 cm³/mol. The van der Waals surface area contributed by atoms with E-state index in [1.54, 1.807) is 19.1 Å². The highest BCUT2D eigenvalue weighted by molar-refractivity contribution is 6.31. The Kier molecular flexibility index (Phi) is 5.87. The van der Waals surface area contributed by atoms with E-state index in [4.69, 9.17) is 16.3 Å². The number of likely N-dealkylation sites (tertiary alicyclic amines) is 1. The van der Waals surface area contributed by atoms with Crippen LogP contribution < -0.4 is 5.32 Å². The maximum atomic E-state index is 13.5. The number of halogens is 1. The van der Waals surface area contributed by atoms with E-state index in [9.17, 15) is 19.5 Å². The second-order valence-corrected chi connectivity index (χ2v) is 12.4. The predicted octanol–water partition coefficient (Wildman–Crippen LogP) is 3.95. The topological polar surface area (TPSA) is 95.9 Å². The van der Waals surface area contributed by atoms with E-state index >= 15 is 0 Å². The summed E-state index contributed by atoms with van der Waals surface area (Å²) in [7, 11) is 0. The molecule has 7 rings (SSSR count). The van der Waals surface area contributed by atoms with Crippen LogP contribution in [0.4, 0.5) is 5.69 Å². The van der Waals surface area contributed by atoms with E-state index < -0.39 is 17.0 Å². The molecule has 4 bridgehead atoms. The lowest BCUT2D eigenvalue weighted by Gasteiger charge is -2.59. The summed E-state index contributed by atoms with van der Waals surface area (Å²) in [6.07, 6.45) is 7.30. The first-order valence-electron chi connectivity index (χ1n) is 13.5. The number of nitrogens with one attached hydrogen (secondary N) is 1. The van der Waals surface area contributed by atoms with Gasteiger partial charge in [-0.1, -0.05) is 17.7 Å². The fourth-order valence-electron chi connectivity index (χ4n) is 7.94. The number of amides is 2. The first-order valence-corrected chi connectivity index (χ1v) is 13.9. The highest BCUT2D eigenvalue weighted by Crippen LogP contribution is 2.57. The Morgan fingerprint density at radius 2 is 1.92 bits per heavy atom. The first-order chi connectivity index (χ1) is 17.2. The van der Waals surface area contributed by atoms with Crippen molar-refractivity contribution in [2.45, 2.75) is 76.4 Å². The average Bonchev–Trinajstić information content (AvgIpc) is 3.55. The highest BCUT2D eigenvalue weighted by atomic mass is 35.5. The third-order valence-corrected chi connectivity index (χ3v) is 9.88. The van der Waals surface area contributed by atoms with Crippen LogP contribution in [-0.2, 0) is 25.5 Å². The summed E-state index contributed by atoms with van der Waals surface area (Å²) in [5, 5.41) is 14.2. The van der Waals surface area contributed by atoms with Gasteiger partial charge in [0.25, 0.3) is 0 Å². The largest absolute Gasteiger partial charge is 0.465 e. The van der Waals surface area contributed by atoms with Gasteiger partial charge in [-0.2, -0.15) is 0 Å². The summed E-state index contributed by atoms with van der Waals surface area (Å²) in [5.41, 5.74) is -0.139. The van der Waals surface area contributed by atoms with E-state index in [-0.39, 0.29) is 30.4 Å². The lowest BCUT2D eigenvalue weighted by atomic mass is 9.52. The van der Waals surface area contributed by atoms with E-state index in [0.717, 1.165) is 50.6 Å². The Morgan fingerprint density at radius 1 is 1.19 bits per heavy atom. The van der Waals surface area contributed by atoms with Crippen molar-refractivity contribution in [3.05, 3.63) is 28.8 Å². The number of hydrogen-bond donors (Lipinski definition) is 2. The minimum Gasteiger partial charge on any atom is -0.465 e. The smallest absolute Gasteiger partial charge is 0.321 e. The molecule has 6 aliphatic rings. The number of benzene rings is 1. The van der Waals surface area contributed by atoms with Crippen LogP contribution in [0.1, 0.15) is 63.9 Å². The van der Waals surface area contributed by atoms with Gasteiger partial charge in [-0.3, -0.25) is 14.4 Å². The van der Waals surface area contributed by atoms with Gasteiger partial charge < -0.3 is 20.1 Å². The monoisotopic (exact) mass is 514 g/mol. The van der Waals surface area contributed by atoms with E-state index in [0.29, 0.717) is 47.7 Å². The Hall–Kier alpha value is -2.12. The zero-order valence-corrected chi connectivity index (χ0v) is 21.6. The molecule has 3 atom stereocenters. The van der Waals surface area contributed by atoms with Crippen molar-refractivity contribution >= 4 is 35.1 Å². The molecular weight excluding hydrogens is 480 g/mol. The van der Waals surface area contributed by atoms with Gasteiger partial charge in [-0.05, 0) is 100 Å². The highest BCUT2D eigenvalue weighted by Gasteiger charge is 2.59. The minimum atomic E-state index is -1.07.